The molecule has 0 saturated carbocycles. The van der Waals surface area contributed by atoms with Crippen LogP contribution in [0.4, 0.5) is 5.69 Å². The third kappa shape index (κ3) is 3.22. The number of ether oxygens (including phenoxy) is 1. The maximum absolute atomic E-state index is 11.0. The van der Waals surface area contributed by atoms with Gasteiger partial charge in [-0.2, -0.15) is 4.98 Å². The maximum Gasteiger partial charge on any atom is 0.313 e. The lowest BCUT2D eigenvalue weighted by atomic mass is 10.3. The highest BCUT2D eigenvalue weighted by Gasteiger charge is 2.21. The summed E-state index contributed by atoms with van der Waals surface area (Å²) in [6, 6.07) is 4.29. The Kier molecular flexibility index (Phi) is 4.59. The van der Waals surface area contributed by atoms with Crippen molar-refractivity contribution in [2.45, 2.75) is 20.3 Å². The summed E-state index contributed by atoms with van der Waals surface area (Å²) in [6.07, 6.45) is 0.557. The van der Waals surface area contributed by atoms with Crippen LogP contribution in [0.5, 0.6) is 11.6 Å². The Labute approximate surface area is 130 Å². The van der Waals surface area contributed by atoms with Gasteiger partial charge in [0.15, 0.2) is 0 Å². The van der Waals surface area contributed by atoms with E-state index in [-0.39, 0.29) is 27.5 Å². The van der Waals surface area contributed by atoms with Crippen LogP contribution in [0.3, 0.4) is 0 Å². The number of para-hydroxylation sites is 1. The summed E-state index contributed by atoms with van der Waals surface area (Å²) in [4.78, 5) is 18.7. The van der Waals surface area contributed by atoms with E-state index >= 15 is 0 Å². The molecule has 0 aliphatic rings. The van der Waals surface area contributed by atoms with Crippen molar-refractivity contribution in [3.05, 3.63) is 49.9 Å². The zero-order valence-corrected chi connectivity index (χ0v) is 12.8. The number of aromatic nitrogens is 2. The summed E-state index contributed by atoms with van der Waals surface area (Å²) < 4.78 is 5.55. The lowest BCUT2D eigenvalue weighted by Gasteiger charge is -2.11. The molecule has 0 saturated heterocycles. The zero-order chi connectivity index (χ0) is 15.6. The van der Waals surface area contributed by atoms with Gasteiger partial charge in [0.25, 0.3) is 0 Å². The second-order valence-electron chi connectivity index (χ2n) is 4.16. The van der Waals surface area contributed by atoms with E-state index in [1.54, 1.807) is 6.92 Å². The van der Waals surface area contributed by atoms with Gasteiger partial charge in [0.05, 0.1) is 9.95 Å². The number of nitro benzene ring substituents is 1. The van der Waals surface area contributed by atoms with Gasteiger partial charge in [-0.25, -0.2) is 4.98 Å². The van der Waals surface area contributed by atoms with Gasteiger partial charge in [-0.15, -0.1) is 0 Å². The fraction of sp³-hybridized carbons (Fsp3) is 0.231. The van der Waals surface area contributed by atoms with Crippen LogP contribution in [0.1, 0.15) is 18.3 Å². The molecule has 21 heavy (non-hydrogen) atoms. The monoisotopic (exact) mass is 327 g/mol. The van der Waals surface area contributed by atoms with Gasteiger partial charge in [-0.05, 0) is 13.0 Å². The fourth-order valence-corrected chi connectivity index (χ4v) is 1.99. The van der Waals surface area contributed by atoms with E-state index in [0.29, 0.717) is 17.8 Å². The van der Waals surface area contributed by atoms with Crippen molar-refractivity contribution in [2.75, 3.05) is 0 Å². The number of nitro groups is 1. The molecular formula is C13H11Cl2N3O3. The Morgan fingerprint density at radius 1 is 1.33 bits per heavy atom. The van der Waals surface area contributed by atoms with E-state index in [1.807, 2.05) is 6.92 Å². The van der Waals surface area contributed by atoms with Crippen LogP contribution >= 0.6 is 23.2 Å². The van der Waals surface area contributed by atoms with E-state index < -0.39 is 4.92 Å². The minimum atomic E-state index is -0.569. The second-order valence-corrected chi connectivity index (χ2v) is 4.93. The van der Waals surface area contributed by atoms with Gasteiger partial charge in [-0.1, -0.05) is 36.2 Å². The van der Waals surface area contributed by atoms with Crippen LogP contribution in [0.2, 0.25) is 10.2 Å². The van der Waals surface area contributed by atoms with Gasteiger partial charge < -0.3 is 4.74 Å². The minimum Gasteiger partial charge on any atom is -0.430 e. The molecule has 0 aliphatic carbocycles. The van der Waals surface area contributed by atoms with Crippen LogP contribution in [-0.4, -0.2) is 14.9 Å². The third-order valence-corrected chi connectivity index (χ3v) is 3.41. The molecule has 2 aromatic rings. The molecule has 0 atom stereocenters. The number of aryl methyl sites for hydroxylation is 1. The molecule has 1 heterocycles. The number of halogens is 2. The van der Waals surface area contributed by atoms with Crippen molar-refractivity contribution < 1.29 is 9.66 Å². The summed E-state index contributed by atoms with van der Waals surface area (Å²) >= 11 is 12.0. The lowest BCUT2D eigenvalue weighted by Crippen LogP contribution is -2.02. The first-order valence-electron chi connectivity index (χ1n) is 6.07. The average molecular weight is 328 g/mol. The number of hydrogen-bond acceptors (Lipinski definition) is 5. The van der Waals surface area contributed by atoms with Crippen molar-refractivity contribution in [1.82, 2.24) is 9.97 Å². The number of benzene rings is 1. The smallest absolute Gasteiger partial charge is 0.313 e. The second kappa shape index (κ2) is 6.24. The molecule has 0 aliphatic heterocycles. The lowest BCUT2D eigenvalue weighted by molar-refractivity contribution is -0.385. The molecule has 2 rings (SSSR count). The first kappa shape index (κ1) is 15.5. The van der Waals surface area contributed by atoms with Gasteiger partial charge in [-0.3, -0.25) is 10.1 Å². The third-order valence-electron chi connectivity index (χ3n) is 2.75. The van der Waals surface area contributed by atoms with Crippen molar-refractivity contribution in [2.24, 2.45) is 0 Å². The van der Waals surface area contributed by atoms with E-state index in [4.69, 9.17) is 27.9 Å². The Bertz CT molecular complexity index is 707. The molecule has 0 N–H and O–H groups in total. The van der Waals surface area contributed by atoms with Gasteiger partial charge >= 0.3 is 5.69 Å². The summed E-state index contributed by atoms with van der Waals surface area (Å²) in [5, 5.41) is 11.4. The van der Waals surface area contributed by atoms with Crippen LogP contribution in [0, 0.1) is 17.0 Å². The maximum atomic E-state index is 11.0. The normalized spacial score (nSPS) is 10.5. The molecule has 0 amide bonds. The standard InChI is InChI=1S/C13H11Cl2N3O3/c1-3-10-16-12(15)7(2)13(17-10)21-11-8(14)5-4-6-9(11)18(19)20/h4-6H,3H2,1-2H3. The predicted molar refractivity (Wildman–Crippen MR) is 79.3 cm³/mol. The number of rotatable bonds is 4. The molecule has 1 aromatic carbocycles. The molecular weight excluding hydrogens is 317 g/mol. The van der Waals surface area contributed by atoms with Crippen LogP contribution in [0.25, 0.3) is 0 Å². The van der Waals surface area contributed by atoms with Crippen molar-refractivity contribution in [3.8, 4) is 11.6 Å². The van der Waals surface area contributed by atoms with Crippen LogP contribution < -0.4 is 4.74 Å². The summed E-state index contributed by atoms with van der Waals surface area (Å²) in [5.41, 5.74) is 0.248. The molecule has 0 unspecified atom stereocenters. The van der Waals surface area contributed by atoms with Crippen LogP contribution in [0.15, 0.2) is 18.2 Å². The predicted octanol–water partition coefficient (Wildman–Crippen LogP) is 4.35. The summed E-state index contributed by atoms with van der Waals surface area (Å²) in [7, 11) is 0. The first-order chi connectivity index (χ1) is 9.93. The topological polar surface area (TPSA) is 78.2 Å². The Morgan fingerprint density at radius 2 is 2.05 bits per heavy atom. The molecule has 0 bridgehead atoms. The molecule has 8 heteroatoms. The Balaban J connectivity index is 2.53. The molecule has 0 fully saturated rings. The molecule has 110 valence electrons. The van der Waals surface area contributed by atoms with Crippen molar-refractivity contribution in [3.63, 3.8) is 0 Å². The van der Waals surface area contributed by atoms with E-state index in [0.717, 1.165) is 0 Å². The van der Waals surface area contributed by atoms with E-state index in [1.165, 1.54) is 18.2 Å². The number of nitrogens with zero attached hydrogens (tertiary/aromatic N) is 3. The van der Waals surface area contributed by atoms with Gasteiger partial charge in [0.1, 0.15) is 11.0 Å². The van der Waals surface area contributed by atoms with Gasteiger partial charge in [0.2, 0.25) is 11.6 Å². The highest BCUT2D eigenvalue weighted by molar-refractivity contribution is 6.32. The van der Waals surface area contributed by atoms with E-state index in [9.17, 15) is 10.1 Å². The minimum absolute atomic E-state index is 0.0657. The zero-order valence-electron chi connectivity index (χ0n) is 11.3. The Hall–Kier alpha value is -1.92. The highest BCUT2D eigenvalue weighted by atomic mass is 35.5. The van der Waals surface area contributed by atoms with Crippen LogP contribution in [-0.2, 0) is 6.42 Å². The average Bonchev–Trinajstić information content (AvgIpc) is 2.45. The largest absolute Gasteiger partial charge is 0.430 e. The quantitative estimate of drug-likeness (QED) is 0.473. The number of hydrogen-bond donors (Lipinski definition) is 0. The highest BCUT2D eigenvalue weighted by Crippen LogP contribution is 2.38. The Morgan fingerprint density at radius 3 is 2.67 bits per heavy atom. The first-order valence-corrected chi connectivity index (χ1v) is 6.83. The molecule has 0 spiro atoms. The molecule has 1 aromatic heterocycles. The van der Waals surface area contributed by atoms with E-state index in [2.05, 4.69) is 9.97 Å². The van der Waals surface area contributed by atoms with Gasteiger partial charge in [0, 0.05) is 18.1 Å². The molecule has 0 radical (unpaired) electrons. The fourth-order valence-electron chi connectivity index (χ4n) is 1.61. The van der Waals surface area contributed by atoms with Crippen molar-refractivity contribution in [1.29, 1.82) is 0 Å². The summed E-state index contributed by atoms with van der Waals surface area (Å²) in [5.74, 6) is 0.572. The van der Waals surface area contributed by atoms with Crippen molar-refractivity contribution >= 4 is 28.9 Å². The summed E-state index contributed by atoms with van der Waals surface area (Å²) in [6.45, 7) is 3.53. The SMILES string of the molecule is CCc1nc(Cl)c(C)c(Oc2c(Cl)cccc2[N+](=O)[O-])n1. The molecule has 6 nitrogen and oxygen atoms in total.